The van der Waals surface area contributed by atoms with E-state index in [-0.39, 0.29) is 5.91 Å². The Bertz CT molecular complexity index is 571. The van der Waals surface area contributed by atoms with Crippen LogP contribution < -0.4 is 5.32 Å². The number of rotatable bonds is 2. The lowest BCUT2D eigenvalue weighted by Crippen LogP contribution is -2.49. The fraction of sp³-hybridized carbons (Fsp3) is 0.385. The molecule has 1 N–H and O–H groups in total. The van der Waals surface area contributed by atoms with E-state index in [2.05, 4.69) is 10.3 Å². The van der Waals surface area contributed by atoms with Gasteiger partial charge in [-0.1, -0.05) is 0 Å². The van der Waals surface area contributed by atoms with Crippen molar-refractivity contribution in [3.8, 4) is 0 Å². The Hall–Kier alpha value is -1.82. The van der Waals surface area contributed by atoms with Gasteiger partial charge in [0.05, 0.1) is 18.8 Å². The van der Waals surface area contributed by atoms with Crippen molar-refractivity contribution in [1.29, 1.82) is 0 Å². The van der Waals surface area contributed by atoms with Crippen molar-refractivity contribution in [3.63, 3.8) is 0 Å². The molecule has 0 aliphatic carbocycles. The Labute approximate surface area is 109 Å². The molecular formula is C13H13F2N3O. The molecule has 4 nitrogen and oxygen atoms in total. The molecule has 1 amide bonds. The van der Waals surface area contributed by atoms with Gasteiger partial charge in [-0.15, -0.1) is 0 Å². The highest BCUT2D eigenvalue weighted by atomic mass is 19.2. The van der Waals surface area contributed by atoms with E-state index in [1.165, 1.54) is 6.07 Å². The molecule has 0 radical (unpaired) electrons. The van der Waals surface area contributed by atoms with Crippen molar-refractivity contribution in [2.24, 2.45) is 4.99 Å². The van der Waals surface area contributed by atoms with Crippen molar-refractivity contribution < 1.29 is 13.6 Å². The predicted molar refractivity (Wildman–Crippen MR) is 66.6 cm³/mol. The van der Waals surface area contributed by atoms with E-state index in [1.807, 2.05) is 0 Å². The van der Waals surface area contributed by atoms with Crippen LogP contribution in [-0.2, 0) is 11.2 Å². The highest BCUT2D eigenvalue weighted by Gasteiger charge is 2.23. The van der Waals surface area contributed by atoms with E-state index in [9.17, 15) is 13.6 Å². The molecule has 0 unspecified atom stereocenters. The number of piperazine rings is 1. The number of hydrogen-bond donors (Lipinski definition) is 1. The van der Waals surface area contributed by atoms with E-state index < -0.39 is 11.6 Å². The number of aliphatic imine (C=N–C) groups is 1. The van der Waals surface area contributed by atoms with Gasteiger partial charge >= 0.3 is 0 Å². The van der Waals surface area contributed by atoms with Gasteiger partial charge in [-0.2, -0.15) is 0 Å². The molecule has 0 bridgehead atoms. The molecule has 1 saturated heterocycles. The van der Waals surface area contributed by atoms with Gasteiger partial charge in [0.1, 0.15) is 0 Å². The maximum Gasteiger partial charge on any atom is 0.236 e. The zero-order chi connectivity index (χ0) is 13.4. The molecule has 6 heteroatoms. The zero-order valence-corrected chi connectivity index (χ0v) is 10.2. The fourth-order valence-electron chi connectivity index (χ4n) is 2.38. The molecule has 2 heterocycles. The third-order valence-corrected chi connectivity index (χ3v) is 3.36. The SMILES string of the molecule is O=C1CNCCN1CC1=Nc2cc(F)c(F)cc2C1. The van der Waals surface area contributed by atoms with Gasteiger partial charge in [0.25, 0.3) is 0 Å². The van der Waals surface area contributed by atoms with Crippen LogP contribution in [0.15, 0.2) is 17.1 Å². The van der Waals surface area contributed by atoms with E-state index in [0.717, 1.165) is 18.3 Å². The number of fused-ring (bicyclic) bond motifs is 1. The van der Waals surface area contributed by atoms with Crippen molar-refractivity contribution in [1.82, 2.24) is 10.2 Å². The molecule has 1 aromatic carbocycles. The zero-order valence-electron chi connectivity index (χ0n) is 10.2. The molecule has 1 fully saturated rings. The highest BCUT2D eigenvalue weighted by Crippen LogP contribution is 2.29. The predicted octanol–water partition coefficient (Wildman–Crippen LogP) is 1.03. The number of benzene rings is 1. The quantitative estimate of drug-likeness (QED) is 0.868. The number of carbonyl (C=O) groups is 1. The van der Waals surface area contributed by atoms with Crippen LogP contribution in [0, 0.1) is 11.6 Å². The fourth-order valence-corrected chi connectivity index (χ4v) is 2.38. The second kappa shape index (κ2) is 4.70. The van der Waals surface area contributed by atoms with Gasteiger partial charge < -0.3 is 10.2 Å². The van der Waals surface area contributed by atoms with E-state index in [0.29, 0.717) is 37.3 Å². The maximum absolute atomic E-state index is 13.1. The molecule has 0 atom stereocenters. The summed E-state index contributed by atoms with van der Waals surface area (Å²) in [4.78, 5) is 17.6. The minimum absolute atomic E-state index is 0.0299. The van der Waals surface area contributed by atoms with E-state index in [1.54, 1.807) is 4.90 Å². The summed E-state index contributed by atoms with van der Waals surface area (Å²) in [6.07, 6.45) is 0.476. The van der Waals surface area contributed by atoms with Gasteiger partial charge in [-0.25, -0.2) is 8.78 Å². The van der Waals surface area contributed by atoms with E-state index in [4.69, 9.17) is 0 Å². The standard InChI is InChI=1S/C13H13F2N3O/c14-10-4-8-3-9(17-12(8)5-11(10)15)7-18-2-1-16-6-13(18)19/h4-5,16H,1-3,6-7H2. The Morgan fingerprint density at radius 1 is 1.32 bits per heavy atom. The van der Waals surface area contributed by atoms with Gasteiger partial charge in [0.2, 0.25) is 5.91 Å². The van der Waals surface area contributed by atoms with Crippen LogP contribution in [0.3, 0.4) is 0 Å². The second-order valence-electron chi connectivity index (χ2n) is 4.74. The first kappa shape index (κ1) is 12.2. The number of nitrogens with zero attached hydrogens (tertiary/aromatic N) is 2. The van der Waals surface area contributed by atoms with Crippen LogP contribution in [0.25, 0.3) is 0 Å². The molecule has 0 aromatic heterocycles. The normalized spacial score (nSPS) is 18.5. The Balaban J connectivity index is 1.75. The number of carbonyl (C=O) groups excluding carboxylic acids is 1. The van der Waals surface area contributed by atoms with Crippen molar-refractivity contribution in [3.05, 3.63) is 29.3 Å². The van der Waals surface area contributed by atoms with E-state index >= 15 is 0 Å². The highest BCUT2D eigenvalue weighted by molar-refractivity contribution is 5.97. The average Bonchev–Trinajstić information content (AvgIpc) is 2.74. The molecular weight excluding hydrogens is 252 g/mol. The third kappa shape index (κ3) is 2.35. The molecule has 2 aliphatic heterocycles. The smallest absolute Gasteiger partial charge is 0.236 e. The third-order valence-electron chi connectivity index (χ3n) is 3.36. The molecule has 0 saturated carbocycles. The average molecular weight is 265 g/mol. The topological polar surface area (TPSA) is 44.7 Å². The molecule has 0 spiro atoms. The number of amides is 1. The lowest BCUT2D eigenvalue weighted by molar-refractivity contribution is -0.131. The maximum atomic E-state index is 13.1. The second-order valence-corrected chi connectivity index (χ2v) is 4.74. The minimum Gasteiger partial charge on any atom is -0.335 e. The number of halogens is 2. The van der Waals surface area contributed by atoms with Crippen molar-refractivity contribution >= 4 is 17.3 Å². The summed E-state index contributed by atoms with van der Waals surface area (Å²) in [6.45, 7) is 2.16. The summed E-state index contributed by atoms with van der Waals surface area (Å²) < 4.78 is 26.2. The first-order chi connectivity index (χ1) is 9.13. The summed E-state index contributed by atoms with van der Waals surface area (Å²) >= 11 is 0. The lowest BCUT2D eigenvalue weighted by atomic mass is 10.1. The number of nitrogens with one attached hydrogen (secondary N) is 1. The summed E-state index contributed by atoms with van der Waals surface area (Å²) in [6, 6.07) is 2.29. The van der Waals surface area contributed by atoms with Crippen molar-refractivity contribution in [2.75, 3.05) is 26.2 Å². The molecule has 100 valence electrons. The molecule has 3 rings (SSSR count). The van der Waals surface area contributed by atoms with Crippen LogP contribution in [0.2, 0.25) is 0 Å². The lowest BCUT2D eigenvalue weighted by Gasteiger charge is -2.27. The Morgan fingerprint density at radius 3 is 2.89 bits per heavy atom. The summed E-state index contributed by atoms with van der Waals surface area (Å²) in [5.41, 5.74) is 1.92. The summed E-state index contributed by atoms with van der Waals surface area (Å²) in [5.74, 6) is -1.71. The minimum atomic E-state index is -0.887. The number of hydrogen-bond acceptors (Lipinski definition) is 3. The van der Waals surface area contributed by atoms with Gasteiger partial charge in [0, 0.05) is 31.3 Å². The molecule has 19 heavy (non-hydrogen) atoms. The summed E-state index contributed by atoms with van der Waals surface area (Å²) in [5, 5.41) is 2.99. The van der Waals surface area contributed by atoms with Gasteiger partial charge in [-0.3, -0.25) is 9.79 Å². The van der Waals surface area contributed by atoms with Crippen molar-refractivity contribution in [2.45, 2.75) is 6.42 Å². The summed E-state index contributed by atoms with van der Waals surface area (Å²) in [7, 11) is 0. The van der Waals surface area contributed by atoms with Gasteiger partial charge in [0.15, 0.2) is 11.6 Å². The van der Waals surface area contributed by atoms with Crippen LogP contribution in [0.4, 0.5) is 14.5 Å². The van der Waals surface area contributed by atoms with Crippen LogP contribution >= 0.6 is 0 Å². The molecule has 1 aromatic rings. The van der Waals surface area contributed by atoms with Crippen LogP contribution in [0.1, 0.15) is 5.56 Å². The largest absolute Gasteiger partial charge is 0.335 e. The first-order valence-electron chi connectivity index (χ1n) is 6.16. The first-order valence-corrected chi connectivity index (χ1v) is 6.16. The molecule has 2 aliphatic rings. The van der Waals surface area contributed by atoms with Gasteiger partial charge in [-0.05, 0) is 11.6 Å². The Kier molecular flexibility index (Phi) is 3.02. The Morgan fingerprint density at radius 2 is 2.11 bits per heavy atom. The van der Waals surface area contributed by atoms with Crippen LogP contribution in [0.5, 0.6) is 0 Å². The monoisotopic (exact) mass is 265 g/mol. The van der Waals surface area contributed by atoms with Crippen LogP contribution in [-0.4, -0.2) is 42.7 Å².